The number of pyridine rings is 1. The number of nitrogens with two attached hydrogens (primary N) is 2. The molecule has 2 aliphatic heterocycles. The number of nitrogens with zero attached hydrogens (tertiary/aromatic N) is 5. The Labute approximate surface area is 196 Å². The molecule has 33 heavy (non-hydrogen) atoms. The number of piperidine rings is 1. The molecule has 0 unspecified atom stereocenters. The van der Waals surface area contributed by atoms with E-state index in [2.05, 4.69) is 44.1 Å². The molecule has 2 aromatic heterocycles. The van der Waals surface area contributed by atoms with Crippen molar-refractivity contribution in [3.63, 3.8) is 0 Å². The van der Waals surface area contributed by atoms with Crippen molar-refractivity contribution in [2.24, 2.45) is 16.1 Å². The highest BCUT2D eigenvalue weighted by Gasteiger charge is 2.46. The maximum Gasteiger partial charge on any atom is 0.243 e. The summed E-state index contributed by atoms with van der Waals surface area (Å²) in [4.78, 5) is 20.2. The topological polar surface area (TPSA) is 116 Å². The molecule has 3 aliphatic rings. The summed E-state index contributed by atoms with van der Waals surface area (Å²) in [7, 11) is 0. The molecule has 1 atom stereocenters. The Hall–Kier alpha value is -3.23. The van der Waals surface area contributed by atoms with Crippen LogP contribution in [0.25, 0.3) is 0 Å². The van der Waals surface area contributed by atoms with E-state index >= 15 is 0 Å². The molecule has 9 heteroatoms. The summed E-state index contributed by atoms with van der Waals surface area (Å²) in [5.74, 6) is 1.87. The summed E-state index contributed by atoms with van der Waals surface area (Å²) in [6.45, 7) is 2.23. The first-order chi connectivity index (χ1) is 16.0. The number of rotatable bonds is 2. The molecular formula is C24H24ClN7O. The van der Waals surface area contributed by atoms with Crippen molar-refractivity contribution in [2.45, 2.75) is 31.8 Å². The third kappa shape index (κ3) is 3.32. The number of aromatic nitrogens is 3. The number of nitrogen functional groups attached to an aromatic ring is 1. The maximum absolute atomic E-state index is 6.72. The monoisotopic (exact) mass is 461 g/mol. The molecule has 0 bridgehead atoms. The molecule has 0 saturated carbocycles. The van der Waals surface area contributed by atoms with E-state index < -0.39 is 0 Å². The van der Waals surface area contributed by atoms with Gasteiger partial charge in [0, 0.05) is 31.4 Å². The first kappa shape index (κ1) is 20.4. The minimum absolute atomic E-state index is 0.101. The number of hydrogen-bond acceptors (Lipinski definition) is 8. The minimum Gasteiger partial charge on any atom is -0.435 e. The van der Waals surface area contributed by atoms with Gasteiger partial charge >= 0.3 is 0 Å². The van der Waals surface area contributed by atoms with Gasteiger partial charge in [0.25, 0.3) is 0 Å². The van der Waals surface area contributed by atoms with Gasteiger partial charge in [-0.2, -0.15) is 0 Å². The highest BCUT2D eigenvalue weighted by atomic mass is 35.5. The Balaban J connectivity index is 1.16. The van der Waals surface area contributed by atoms with E-state index in [0.29, 0.717) is 23.9 Å². The van der Waals surface area contributed by atoms with E-state index in [-0.39, 0.29) is 22.3 Å². The zero-order valence-electron chi connectivity index (χ0n) is 18.0. The van der Waals surface area contributed by atoms with Crippen LogP contribution in [0, 0.1) is 5.41 Å². The quantitative estimate of drug-likeness (QED) is 0.601. The molecular weight excluding hydrogens is 438 g/mol. The van der Waals surface area contributed by atoms with Gasteiger partial charge in [0.15, 0.2) is 5.75 Å². The van der Waals surface area contributed by atoms with E-state index in [1.165, 1.54) is 11.1 Å². The highest BCUT2D eigenvalue weighted by molar-refractivity contribution is 6.34. The lowest BCUT2D eigenvalue weighted by molar-refractivity contribution is 0.187. The van der Waals surface area contributed by atoms with Crippen LogP contribution in [0.5, 0.6) is 5.75 Å². The number of aliphatic imine (C=N–C) groups is 1. The molecule has 8 nitrogen and oxygen atoms in total. The minimum atomic E-state index is 0.101. The molecule has 1 aromatic carbocycles. The van der Waals surface area contributed by atoms with Gasteiger partial charge in [-0.3, -0.25) is 0 Å². The van der Waals surface area contributed by atoms with Crippen LogP contribution in [0.3, 0.4) is 0 Å². The number of fused-ring (bicyclic) bond motifs is 2. The standard InChI is InChI=1S/C24H24ClN7O/c25-19-17(5-8-28-22(19)27)33-23-20-16(12-30-23)31-18(13-29-20)32-9-6-24(7-10-32)11-14-3-1-2-4-15(14)21(24)26/h1-5,8,13,21H,6-7,9-12,26H2,(H2,27,28)/t21-/m1/s1. The van der Waals surface area contributed by atoms with Crippen LogP contribution in [0.2, 0.25) is 5.02 Å². The van der Waals surface area contributed by atoms with Crippen molar-refractivity contribution in [1.82, 2.24) is 15.0 Å². The SMILES string of the molecule is Nc1nccc(OC2=NCc3nc(N4CCC5(CC4)Cc4ccccc4[C@H]5N)cnc32)c1Cl. The number of anilines is 2. The Morgan fingerprint density at radius 3 is 2.76 bits per heavy atom. The highest BCUT2D eigenvalue weighted by Crippen LogP contribution is 2.50. The number of ether oxygens (including phenoxy) is 1. The van der Waals surface area contributed by atoms with Crippen LogP contribution < -0.4 is 21.1 Å². The first-order valence-electron chi connectivity index (χ1n) is 11.1. The largest absolute Gasteiger partial charge is 0.435 e. The van der Waals surface area contributed by atoms with Gasteiger partial charge in [0.2, 0.25) is 5.90 Å². The number of benzene rings is 1. The van der Waals surface area contributed by atoms with Crippen molar-refractivity contribution in [1.29, 1.82) is 0 Å². The molecule has 1 saturated heterocycles. The lowest BCUT2D eigenvalue weighted by Gasteiger charge is -2.42. The summed E-state index contributed by atoms with van der Waals surface area (Å²) in [6.07, 6.45) is 6.47. The molecule has 0 radical (unpaired) electrons. The Kier molecular flexibility index (Phi) is 4.74. The van der Waals surface area contributed by atoms with Crippen LogP contribution in [0.4, 0.5) is 11.6 Å². The van der Waals surface area contributed by atoms with Crippen LogP contribution in [0.15, 0.2) is 47.7 Å². The van der Waals surface area contributed by atoms with Crippen LogP contribution in [-0.4, -0.2) is 33.9 Å². The lowest BCUT2D eigenvalue weighted by Crippen LogP contribution is -2.44. The fraction of sp³-hybridized carbons (Fsp3) is 0.333. The fourth-order valence-electron chi connectivity index (χ4n) is 5.27. The Morgan fingerprint density at radius 2 is 1.94 bits per heavy atom. The normalized spacial score (nSPS) is 20.5. The van der Waals surface area contributed by atoms with E-state index in [0.717, 1.165) is 43.9 Å². The number of hydrogen-bond donors (Lipinski definition) is 2. The molecule has 168 valence electrons. The van der Waals surface area contributed by atoms with Crippen molar-refractivity contribution in [3.8, 4) is 5.75 Å². The van der Waals surface area contributed by atoms with Gasteiger partial charge in [-0.05, 0) is 35.8 Å². The second-order valence-electron chi connectivity index (χ2n) is 8.96. The van der Waals surface area contributed by atoms with E-state index in [1.54, 1.807) is 18.5 Å². The third-order valence-electron chi connectivity index (χ3n) is 7.17. The molecule has 1 aliphatic carbocycles. The Morgan fingerprint density at radius 1 is 1.12 bits per heavy atom. The van der Waals surface area contributed by atoms with Gasteiger partial charge in [-0.25, -0.2) is 19.9 Å². The Bertz CT molecular complexity index is 1270. The molecule has 6 rings (SSSR count). The fourth-order valence-corrected chi connectivity index (χ4v) is 5.42. The van der Waals surface area contributed by atoms with Gasteiger partial charge in [-0.1, -0.05) is 35.9 Å². The summed E-state index contributed by atoms with van der Waals surface area (Å²) in [5.41, 5.74) is 16.8. The predicted octanol–water partition coefficient (Wildman–Crippen LogP) is 3.29. The van der Waals surface area contributed by atoms with Gasteiger partial charge < -0.3 is 21.1 Å². The summed E-state index contributed by atoms with van der Waals surface area (Å²) in [5, 5.41) is 0.257. The number of halogens is 1. The van der Waals surface area contributed by atoms with Crippen LogP contribution >= 0.6 is 11.6 Å². The van der Waals surface area contributed by atoms with E-state index in [9.17, 15) is 0 Å². The summed E-state index contributed by atoms with van der Waals surface area (Å²) in [6, 6.07) is 10.3. The smallest absolute Gasteiger partial charge is 0.243 e. The molecule has 3 aromatic rings. The average molecular weight is 462 g/mol. The van der Waals surface area contributed by atoms with E-state index in [1.807, 2.05) is 0 Å². The average Bonchev–Trinajstić information content (AvgIpc) is 3.36. The van der Waals surface area contributed by atoms with Crippen molar-refractivity contribution < 1.29 is 4.74 Å². The van der Waals surface area contributed by atoms with Crippen LogP contribution in [0.1, 0.15) is 41.4 Å². The molecule has 4 heterocycles. The third-order valence-corrected chi connectivity index (χ3v) is 7.55. The summed E-state index contributed by atoms with van der Waals surface area (Å²) < 4.78 is 5.87. The predicted molar refractivity (Wildman–Crippen MR) is 128 cm³/mol. The van der Waals surface area contributed by atoms with Crippen molar-refractivity contribution in [2.75, 3.05) is 23.7 Å². The van der Waals surface area contributed by atoms with Crippen molar-refractivity contribution >= 4 is 29.1 Å². The second-order valence-corrected chi connectivity index (χ2v) is 9.34. The lowest BCUT2D eigenvalue weighted by atomic mass is 9.73. The zero-order valence-corrected chi connectivity index (χ0v) is 18.8. The zero-order chi connectivity index (χ0) is 22.6. The van der Waals surface area contributed by atoms with Crippen molar-refractivity contribution in [3.05, 3.63) is 70.3 Å². The molecule has 4 N–H and O–H groups in total. The van der Waals surface area contributed by atoms with Crippen LogP contribution in [-0.2, 0) is 13.0 Å². The molecule has 1 spiro atoms. The second kappa shape index (κ2) is 7.67. The first-order valence-corrected chi connectivity index (χ1v) is 11.5. The van der Waals surface area contributed by atoms with Gasteiger partial charge in [0.05, 0.1) is 18.4 Å². The molecule has 1 fully saturated rings. The van der Waals surface area contributed by atoms with Gasteiger partial charge in [0.1, 0.15) is 22.4 Å². The van der Waals surface area contributed by atoms with E-state index in [4.69, 9.17) is 32.8 Å². The summed E-state index contributed by atoms with van der Waals surface area (Å²) >= 11 is 6.20. The molecule has 0 amide bonds. The maximum atomic E-state index is 6.72. The van der Waals surface area contributed by atoms with Gasteiger partial charge in [-0.15, -0.1) is 0 Å².